The Morgan fingerprint density at radius 2 is 1.82 bits per heavy atom. The van der Waals surface area contributed by atoms with Crippen LogP contribution in [0.5, 0.6) is 0 Å². The standard InChI is InChI=1S/C37H50F3N7O2Si/c1-24-8-7-11-45(19-24)20-28-16-29-30(37(38,39)40)21-46(34(48)33(29)47(28)23-49-12-13-50(4,5)6)32-15-27(14-31(42-32)26-9-10-26)36(17-25(2)18-36)35-43-41-22-44(35)3/h14-16,21-22,24-26H,7-13,17-20,23H2,1-6H3/t24-,25?,36?/m0/s1. The Kier molecular flexibility index (Phi) is 9.16. The minimum atomic E-state index is -4.70. The summed E-state index contributed by atoms with van der Waals surface area (Å²) in [5, 5.41) is 8.56. The zero-order valence-electron chi connectivity index (χ0n) is 30.2. The summed E-state index contributed by atoms with van der Waals surface area (Å²) in [7, 11) is 0.497. The number of fused-ring (bicyclic) bond motifs is 1. The molecule has 50 heavy (non-hydrogen) atoms. The Labute approximate surface area is 292 Å². The number of hydrogen-bond donors (Lipinski definition) is 0. The Balaban J connectivity index is 1.40. The third kappa shape index (κ3) is 6.84. The maximum atomic E-state index is 15.1. The number of nitrogens with zero attached hydrogens (tertiary/aromatic N) is 7. The number of ether oxygens (including phenoxy) is 1. The lowest BCUT2D eigenvalue weighted by Gasteiger charge is -2.46. The molecule has 4 aromatic rings. The Morgan fingerprint density at radius 3 is 2.44 bits per heavy atom. The molecule has 0 N–H and O–H groups in total. The van der Waals surface area contributed by atoms with E-state index in [9.17, 15) is 4.79 Å². The predicted octanol–water partition coefficient (Wildman–Crippen LogP) is 7.47. The number of halogens is 3. The molecule has 5 heterocycles. The molecule has 0 spiro atoms. The second kappa shape index (κ2) is 13.0. The highest BCUT2D eigenvalue weighted by molar-refractivity contribution is 6.76. The SMILES string of the molecule is CC1CC(c2cc(C3CC3)nc(-n3cc(C(F)(F)F)c4cc(CN5CCC[C@H](C)C5)n(COCC[Si](C)(C)C)c4c3=O)c2)(c2nncn2C)C1. The van der Waals surface area contributed by atoms with Crippen LogP contribution >= 0.6 is 0 Å². The molecule has 3 fully saturated rings. The first-order chi connectivity index (χ1) is 23.6. The Bertz CT molecular complexity index is 1930. The number of aromatic nitrogens is 6. The van der Waals surface area contributed by atoms with Crippen LogP contribution in [0.25, 0.3) is 16.7 Å². The first-order valence-corrected chi connectivity index (χ1v) is 21.9. The van der Waals surface area contributed by atoms with Crippen molar-refractivity contribution in [1.82, 2.24) is 33.8 Å². The quantitative estimate of drug-likeness (QED) is 0.119. The fraction of sp³-hybridized carbons (Fsp3) is 0.622. The van der Waals surface area contributed by atoms with E-state index in [0.717, 1.165) is 85.5 Å². The van der Waals surface area contributed by atoms with Crippen LogP contribution in [-0.4, -0.2) is 61.6 Å². The molecule has 2 saturated carbocycles. The van der Waals surface area contributed by atoms with Gasteiger partial charge in [-0.25, -0.2) is 4.98 Å². The van der Waals surface area contributed by atoms with Crippen molar-refractivity contribution < 1.29 is 17.9 Å². The molecule has 0 aromatic carbocycles. The summed E-state index contributed by atoms with van der Waals surface area (Å²) in [5.41, 5.74) is 0.562. The molecule has 0 radical (unpaired) electrons. The van der Waals surface area contributed by atoms with E-state index in [1.807, 2.05) is 17.7 Å². The van der Waals surface area contributed by atoms with E-state index in [1.165, 1.54) is 0 Å². The molecule has 7 rings (SSSR count). The van der Waals surface area contributed by atoms with Crippen molar-refractivity contribution >= 4 is 19.0 Å². The minimum absolute atomic E-state index is 0.00772. The van der Waals surface area contributed by atoms with Crippen LogP contribution < -0.4 is 5.56 Å². The largest absolute Gasteiger partial charge is 0.418 e. The highest BCUT2D eigenvalue weighted by atomic mass is 28.3. The second-order valence-electron chi connectivity index (χ2n) is 16.6. The number of likely N-dealkylation sites (tertiary alicyclic amines) is 1. The fourth-order valence-corrected chi connectivity index (χ4v) is 8.95. The number of aryl methyl sites for hydroxylation is 1. The van der Waals surface area contributed by atoms with Crippen molar-refractivity contribution in [2.45, 2.75) is 109 Å². The van der Waals surface area contributed by atoms with Gasteiger partial charge in [0, 0.05) is 63.7 Å². The number of hydrogen-bond acceptors (Lipinski definition) is 6. The summed E-state index contributed by atoms with van der Waals surface area (Å²) in [5.74, 6) is 2.18. The number of piperidine rings is 1. The zero-order chi connectivity index (χ0) is 35.6. The smallest absolute Gasteiger partial charge is 0.361 e. The molecule has 0 amide bonds. The van der Waals surface area contributed by atoms with Gasteiger partial charge >= 0.3 is 6.18 Å². The molecular formula is C37H50F3N7O2Si. The van der Waals surface area contributed by atoms with Crippen molar-refractivity contribution in [3.63, 3.8) is 0 Å². The molecule has 13 heteroatoms. The first-order valence-electron chi connectivity index (χ1n) is 18.2. The lowest BCUT2D eigenvalue weighted by molar-refractivity contribution is -0.136. The monoisotopic (exact) mass is 709 g/mol. The van der Waals surface area contributed by atoms with Gasteiger partial charge in [0.05, 0.1) is 11.0 Å². The van der Waals surface area contributed by atoms with Gasteiger partial charge in [0.15, 0.2) is 0 Å². The average Bonchev–Trinajstić information content (AvgIpc) is 3.69. The van der Waals surface area contributed by atoms with Gasteiger partial charge in [-0.2, -0.15) is 13.2 Å². The van der Waals surface area contributed by atoms with Crippen molar-refractivity contribution in [2.75, 3.05) is 19.7 Å². The predicted molar refractivity (Wildman–Crippen MR) is 190 cm³/mol. The van der Waals surface area contributed by atoms with E-state index >= 15 is 13.2 Å². The highest BCUT2D eigenvalue weighted by Gasteiger charge is 2.49. The highest BCUT2D eigenvalue weighted by Crippen LogP contribution is 2.53. The number of rotatable bonds is 11. The normalized spacial score (nSPS) is 23.5. The number of alkyl halides is 3. The van der Waals surface area contributed by atoms with Crippen molar-refractivity contribution in [3.8, 4) is 5.82 Å². The van der Waals surface area contributed by atoms with Crippen molar-refractivity contribution in [1.29, 1.82) is 0 Å². The maximum absolute atomic E-state index is 15.1. The molecule has 1 aliphatic heterocycles. The van der Waals surface area contributed by atoms with Gasteiger partial charge < -0.3 is 13.9 Å². The third-order valence-electron chi connectivity index (χ3n) is 11.0. The van der Waals surface area contributed by atoms with Gasteiger partial charge in [-0.05, 0) is 86.7 Å². The molecule has 1 atom stereocenters. The summed E-state index contributed by atoms with van der Waals surface area (Å²) in [6, 6.07) is 6.38. The minimum Gasteiger partial charge on any atom is -0.361 e. The Hall–Kier alpha value is -3.29. The van der Waals surface area contributed by atoms with Crippen LogP contribution in [0.3, 0.4) is 0 Å². The van der Waals surface area contributed by atoms with Gasteiger partial charge in [-0.1, -0.05) is 33.5 Å². The van der Waals surface area contributed by atoms with Crippen LogP contribution in [0.2, 0.25) is 25.7 Å². The molecule has 2 aliphatic carbocycles. The molecule has 1 saturated heterocycles. The van der Waals surface area contributed by atoms with Gasteiger partial charge in [0.2, 0.25) is 0 Å². The second-order valence-corrected chi connectivity index (χ2v) is 22.3. The molecule has 9 nitrogen and oxygen atoms in total. The summed E-state index contributed by atoms with van der Waals surface area (Å²) in [6.07, 6.45) is 3.69. The van der Waals surface area contributed by atoms with Gasteiger partial charge in [0.1, 0.15) is 30.2 Å². The molecule has 4 aromatic heterocycles. The first kappa shape index (κ1) is 35.1. The average molecular weight is 710 g/mol. The van der Waals surface area contributed by atoms with Crippen LogP contribution in [-0.2, 0) is 36.7 Å². The van der Waals surface area contributed by atoms with E-state index in [2.05, 4.69) is 54.7 Å². The third-order valence-corrected chi connectivity index (χ3v) is 12.7. The molecule has 0 unspecified atom stereocenters. The zero-order valence-corrected chi connectivity index (χ0v) is 31.2. The summed E-state index contributed by atoms with van der Waals surface area (Å²) in [4.78, 5) is 21.9. The fourth-order valence-electron chi connectivity index (χ4n) is 8.20. The summed E-state index contributed by atoms with van der Waals surface area (Å²) < 4.78 is 56.1. The van der Waals surface area contributed by atoms with E-state index < -0.39 is 30.8 Å². The molecule has 270 valence electrons. The van der Waals surface area contributed by atoms with E-state index in [1.54, 1.807) is 17.0 Å². The van der Waals surface area contributed by atoms with Crippen LogP contribution in [0.1, 0.15) is 86.6 Å². The number of pyridine rings is 2. The van der Waals surface area contributed by atoms with Crippen LogP contribution in [0.15, 0.2) is 35.5 Å². The lowest BCUT2D eigenvalue weighted by atomic mass is 9.58. The van der Waals surface area contributed by atoms with Gasteiger partial charge in [-0.3, -0.25) is 14.3 Å². The lowest BCUT2D eigenvalue weighted by Crippen LogP contribution is -2.43. The van der Waals surface area contributed by atoms with Crippen molar-refractivity contribution in [2.24, 2.45) is 18.9 Å². The van der Waals surface area contributed by atoms with E-state index in [4.69, 9.17) is 9.72 Å². The summed E-state index contributed by atoms with van der Waals surface area (Å²) in [6.45, 7) is 13.8. The van der Waals surface area contributed by atoms with Crippen LogP contribution in [0, 0.1) is 11.8 Å². The maximum Gasteiger partial charge on any atom is 0.418 e. The summed E-state index contributed by atoms with van der Waals surface area (Å²) >= 11 is 0. The van der Waals surface area contributed by atoms with Crippen LogP contribution in [0.4, 0.5) is 13.2 Å². The van der Waals surface area contributed by atoms with Crippen molar-refractivity contribution in [3.05, 3.63) is 69.4 Å². The molecular weight excluding hydrogens is 660 g/mol. The topological polar surface area (TPSA) is 83.0 Å². The Morgan fingerprint density at radius 1 is 1.06 bits per heavy atom. The molecule has 3 aliphatic rings. The van der Waals surface area contributed by atoms with E-state index in [-0.39, 0.29) is 29.4 Å². The van der Waals surface area contributed by atoms with Gasteiger partial charge in [0.25, 0.3) is 5.56 Å². The molecule has 0 bridgehead atoms. The van der Waals surface area contributed by atoms with E-state index in [0.29, 0.717) is 30.7 Å². The van der Waals surface area contributed by atoms with Gasteiger partial charge in [-0.15, -0.1) is 10.2 Å².